The zero-order chi connectivity index (χ0) is 18.5. The predicted molar refractivity (Wildman–Crippen MR) is 89.8 cm³/mol. The Morgan fingerprint density at radius 2 is 1.88 bits per heavy atom. The van der Waals surface area contributed by atoms with Gasteiger partial charge in [0.25, 0.3) is 5.91 Å². The number of benzene rings is 2. The van der Waals surface area contributed by atoms with Crippen molar-refractivity contribution < 1.29 is 27.8 Å². The molecule has 6 nitrogen and oxygen atoms in total. The third kappa shape index (κ3) is 4.27. The molecule has 2 aromatic carbocycles. The van der Waals surface area contributed by atoms with Gasteiger partial charge in [0.15, 0.2) is 11.5 Å². The van der Waals surface area contributed by atoms with E-state index in [1.54, 1.807) is 37.3 Å². The molecule has 1 atom stereocenters. The van der Waals surface area contributed by atoms with Gasteiger partial charge in [0, 0.05) is 0 Å². The van der Waals surface area contributed by atoms with Gasteiger partial charge < -0.3 is 14.2 Å². The summed E-state index contributed by atoms with van der Waals surface area (Å²) in [5.41, 5.74) is 3.57. The van der Waals surface area contributed by atoms with Gasteiger partial charge in [-0.2, -0.15) is 13.9 Å². The predicted octanol–water partition coefficient (Wildman–Crippen LogP) is 2.97. The number of carbonyl (C=O) groups is 1. The van der Waals surface area contributed by atoms with Crippen molar-refractivity contribution in [3.8, 4) is 17.2 Å². The van der Waals surface area contributed by atoms with E-state index in [2.05, 4.69) is 15.3 Å². The lowest BCUT2D eigenvalue weighted by Gasteiger charge is -2.24. The molecule has 0 bridgehead atoms. The van der Waals surface area contributed by atoms with Crippen molar-refractivity contribution >= 4 is 11.6 Å². The highest BCUT2D eigenvalue weighted by atomic mass is 19.3. The minimum atomic E-state index is -2.88. The molecule has 0 spiro atoms. The van der Waals surface area contributed by atoms with Gasteiger partial charge >= 0.3 is 6.61 Å². The minimum absolute atomic E-state index is 0.0482. The number of halogens is 2. The zero-order valence-corrected chi connectivity index (χ0v) is 13.8. The summed E-state index contributed by atoms with van der Waals surface area (Å²) in [6, 6.07) is 13.0. The summed E-state index contributed by atoms with van der Waals surface area (Å²) in [6.45, 7) is -1.12. The molecule has 2 aromatic rings. The average Bonchev–Trinajstić information content (AvgIpc) is 2.65. The number of amides is 1. The Kier molecular flexibility index (Phi) is 5.31. The second-order valence-corrected chi connectivity index (χ2v) is 5.44. The summed E-state index contributed by atoms with van der Waals surface area (Å²) in [7, 11) is 0. The Labute approximate surface area is 148 Å². The van der Waals surface area contributed by atoms with Crippen LogP contribution in [0.2, 0.25) is 0 Å². The van der Waals surface area contributed by atoms with Gasteiger partial charge in [-0.3, -0.25) is 4.79 Å². The number of carbonyl (C=O) groups excluding carboxylic acids is 1. The number of ether oxygens (including phenoxy) is 3. The normalized spacial score (nSPS) is 16.3. The van der Waals surface area contributed by atoms with Crippen LogP contribution in [-0.2, 0) is 4.79 Å². The maximum atomic E-state index is 12.2. The van der Waals surface area contributed by atoms with Gasteiger partial charge in [-0.05, 0) is 48.9 Å². The van der Waals surface area contributed by atoms with E-state index in [0.29, 0.717) is 22.8 Å². The fourth-order valence-corrected chi connectivity index (χ4v) is 2.30. The van der Waals surface area contributed by atoms with Crippen molar-refractivity contribution in [1.82, 2.24) is 5.43 Å². The van der Waals surface area contributed by atoms with Crippen molar-refractivity contribution in [1.29, 1.82) is 0 Å². The SMILES string of the molecule is C/C(=N/NC(=O)[C@@H]1COc2ccccc2O1)c1ccc(OC(F)F)cc1. The highest BCUT2D eigenvalue weighted by molar-refractivity contribution is 5.99. The van der Waals surface area contributed by atoms with Crippen LogP contribution in [0, 0.1) is 0 Å². The smallest absolute Gasteiger partial charge is 0.387 e. The third-order valence-corrected chi connectivity index (χ3v) is 3.63. The first-order valence-electron chi connectivity index (χ1n) is 7.81. The van der Waals surface area contributed by atoms with E-state index in [4.69, 9.17) is 9.47 Å². The molecule has 0 saturated carbocycles. The van der Waals surface area contributed by atoms with Crippen molar-refractivity contribution in [3.05, 3.63) is 54.1 Å². The van der Waals surface area contributed by atoms with E-state index in [1.807, 2.05) is 6.07 Å². The summed E-state index contributed by atoms with van der Waals surface area (Å²) in [5.74, 6) is 0.681. The molecule has 0 aromatic heterocycles. The Hall–Kier alpha value is -3.16. The standard InChI is InChI=1S/C18H16F2N2O4/c1-11(12-6-8-13(9-7-12)25-18(19)20)21-22-17(23)16-10-24-14-4-2-3-5-15(14)26-16/h2-9,16,18H,10H2,1H3,(H,22,23)/b21-11-/t16-/m0/s1. The summed E-state index contributed by atoms with van der Waals surface area (Å²) in [6.07, 6.45) is -0.816. The van der Waals surface area contributed by atoms with Crippen LogP contribution in [0.3, 0.4) is 0 Å². The summed E-state index contributed by atoms with van der Waals surface area (Å²) < 4.78 is 39.6. The molecule has 3 rings (SSSR count). The van der Waals surface area contributed by atoms with E-state index in [9.17, 15) is 13.6 Å². The summed E-state index contributed by atoms with van der Waals surface area (Å²) in [5, 5.41) is 4.01. The molecule has 0 aliphatic carbocycles. The molecule has 1 heterocycles. The summed E-state index contributed by atoms with van der Waals surface area (Å²) in [4.78, 5) is 12.2. The monoisotopic (exact) mass is 362 g/mol. The van der Waals surface area contributed by atoms with Crippen molar-refractivity contribution in [2.24, 2.45) is 5.10 Å². The van der Waals surface area contributed by atoms with Crippen LogP contribution in [0.5, 0.6) is 17.2 Å². The number of para-hydroxylation sites is 2. The minimum Gasteiger partial charge on any atom is -0.485 e. The van der Waals surface area contributed by atoms with Crippen molar-refractivity contribution in [3.63, 3.8) is 0 Å². The molecule has 1 aliphatic rings. The number of nitrogens with zero attached hydrogens (tertiary/aromatic N) is 1. The molecule has 0 saturated heterocycles. The van der Waals surface area contributed by atoms with Gasteiger partial charge in [0.05, 0.1) is 5.71 Å². The highest BCUT2D eigenvalue weighted by Crippen LogP contribution is 2.30. The van der Waals surface area contributed by atoms with Gasteiger partial charge in [-0.15, -0.1) is 0 Å². The fraction of sp³-hybridized carbons (Fsp3) is 0.222. The van der Waals surface area contributed by atoms with Gasteiger partial charge in [-0.1, -0.05) is 12.1 Å². The number of fused-ring (bicyclic) bond motifs is 1. The molecular weight excluding hydrogens is 346 g/mol. The molecule has 0 radical (unpaired) electrons. The number of hydrazone groups is 1. The lowest BCUT2D eigenvalue weighted by atomic mass is 10.1. The molecule has 1 aliphatic heterocycles. The number of hydrogen-bond donors (Lipinski definition) is 1. The van der Waals surface area contributed by atoms with Crippen LogP contribution in [0.15, 0.2) is 53.6 Å². The Morgan fingerprint density at radius 1 is 1.19 bits per heavy atom. The van der Waals surface area contributed by atoms with Crippen LogP contribution in [0.25, 0.3) is 0 Å². The average molecular weight is 362 g/mol. The van der Waals surface area contributed by atoms with E-state index < -0.39 is 18.6 Å². The van der Waals surface area contributed by atoms with Crippen molar-refractivity contribution in [2.45, 2.75) is 19.6 Å². The first-order valence-corrected chi connectivity index (χ1v) is 7.81. The topological polar surface area (TPSA) is 69.2 Å². The van der Waals surface area contributed by atoms with Crippen molar-refractivity contribution in [2.75, 3.05) is 6.61 Å². The largest absolute Gasteiger partial charge is 0.485 e. The molecule has 1 N–H and O–H groups in total. The Balaban J connectivity index is 1.59. The lowest BCUT2D eigenvalue weighted by Crippen LogP contribution is -2.42. The van der Waals surface area contributed by atoms with Crippen LogP contribution >= 0.6 is 0 Å². The molecule has 0 fully saturated rings. The molecule has 0 unspecified atom stereocenters. The van der Waals surface area contributed by atoms with Gasteiger partial charge in [0.1, 0.15) is 12.4 Å². The first kappa shape index (κ1) is 17.7. The van der Waals surface area contributed by atoms with Gasteiger partial charge in [0.2, 0.25) is 6.10 Å². The summed E-state index contributed by atoms with van der Waals surface area (Å²) >= 11 is 0. The zero-order valence-electron chi connectivity index (χ0n) is 13.8. The van der Waals surface area contributed by atoms with E-state index in [-0.39, 0.29) is 12.4 Å². The Bertz CT molecular complexity index is 809. The fourth-order valence-electron chi connectivity index (χ4n) is 2.30. The van der Waals surface area contributed by atoms with Crippen LogP contribution in [0.4, 0.5) is 8.78 Å². The van der Waals surface area contributed by atoms with Gasteiger partial charge in [-0.25, -0.2) is 5.43 Å². The maximum absolute atomic E-state index is 12.2. The van der Waals surface area contributed by atoms with Crippen LogP contribution in [0.1, 0.15) is 12.5 Å². The lowest BCUT2D eigenvalue weighted by molar-refractivity contribution is -0.130. The first-order chi connectivity index (χ1) is 12.5. The van der Waals surface area contributed by atoms with E-state index in [0.717, 1.165) is 0 Å². The molecule has 8 heteroatoms. The number of hydrogen-bond acceptors (Lipinski definition) is 5. The van der Waals surface area contributed by atoms with Crippen LogP contribution < -0.4 is 19.6 Å². The van der Waals surface area contributed by atoms with E-state index in [1.165, 1.54) is 12.1 Å². The van der Waals surface area contributed by atoms with E-state index >= 15 is 0 Å². The third-order valence-electron chi connectivity index (χ3n) is 3.63. The van der Waals surface area contributed by atoms with Crippen LogP contribution in [-0.4, -0.2) is 30.9 Å². The molecule has 136 valence electrons. The molecule has 1 amide bonds. The number of nitrogens with one attached hydrogen (secondary N) is 1. The molecule has 26 heavy (non-hydrogen) atoms. The maximum Gasteiger partial charge on any atom is 0.387 e. The second kappa shape index (κ2) is 7.81. The molecular formula is C18H16F2N2O4. The number of alkyl halides is 2. The second-order valence-electron chi connectivity index (χ2n) is 5.44. The number of rotatable bonds is 5. The highest BCUT2D eigenvalue weighted by Gasteiger charge is 2.27. The quantitative estimate of drug-likeness (QED) is 0.656. The Morgan fingerprint density at radius 3 is 2.58 bits per heavy atom.